The number of aliphatic carboxylic acids is 1. The molecule has 1 N–H and O–H groups in total. The monoisotopic (exact) mass is 224 g/mol. The van der Waals surface area contributed by atoms with Crippen LogP contribution in [0.1, 0.15) is 26.2 Å². The van der Waals surface area contributed by atoms with Gasteiger partial charge in [-0.25, -0.2) is 0 Å². The fraction of sp³-hybridized carbons (Fsp3) is 0.875. The van der Waals surface area contributed by atoms with Crippen molar-refractivity contribution >= 4 is 16.1 Å². The normalized spacial score (nSPS) is 13.9. The van der Waals surface area contributed by atoms with Crippen LogP contribution in [0, 0.1) is 5.92 Å². The summed E-state index contributed by atoms with van der Waals surface area (Å²) >= 11 is 0. The lowest BCUT2D eigenvalue weighted by Crippen LogP contribution is -2.08. The van der Waals surface area contributed by atoms with Crippen molar-refractivity contribution in [3.05, 3.63) is 0 Å². The van der Waals surface area contributed by atoms with Crippen molar-refractivity contribution in [1.29, 1.82) is 0 Å². The molecule has 84 valence electrons. The van der Waals surface area contributed by atoms with Gasteiger partial charge in [0.1, 0.15) is 0 Å². The van der Waals surface area contributed by atoms with Gasteiger partial charge in [0.15, 0.2) is 0 Å². The molecule has 0 rings (SSSR count). The predicted octanol–water partition coefficient (Wildman–Crippen LogP) is 0.854. The van der Waals surface area contributed by atoms with Crippen LogP contribution in [0.15, 0.2) is 0 Å². The summed E-state index contributed by atoms with van der Waals surface area (Å²) in [4.78, 5) is 10.3. The molecule has 0 fully saturated rings. The van der Waals surface area contributed by atoms with E-state index in [-0.39, 0.29) is 18.9 Å². The molecule has 0 saturated carbocycles. The molecule has 14 heavy (non-hydrogen) atoms. The van der Waals surface area contributed by atoms with E-state index in [1.54, 1.807) is 0 Å². The number of rotatable bonds is 7. The van der Waals surface area contributed by atoms with Crippen molar-refractivity contribution in [3.8, 4) is 0 Å². The van der Waals surface area contributed by atoms with Gasteiger partial charge in [0.25, 0.3) is 10.1 Å². The van der Waals surface area contributed by atoms with E-state index in [0.717, 1.165) is 6.26 Å². The topological polar surface area (TPSA) is 80.7 Å². The SMILES string of the molecule is CC(CCCOS(C)(=O)=O)CC(=O)O. The molecule has 1 unspecified atom stereocenters. The van der Waals surface area contributed by atoms with Crippen LogP contribution in [0.4, 0.5) is 0 Å². The van der Waals surface area contributed by atoms with E-state index >= 15 is 0 Å². The summed E-state index contributed by atoms with van der Waals surface area (Å²) in [5.74, 6) is -0.780. The number of carboxylic acids is 1. The summed E-state index contributed by atoms with van der Waals surface area (Å²) in [6.45, 7) is 1.94. The van der Waals surface area contributed by atoms with Gasteiger partial charge >= 0.3 is 5.97 Å². The lowest BCUT2D eigenvalue weighted by molar-refractivity contribution is -0.138. The number of hydrogen-bond donors (Lipinski definition) is 1. The van der Waals surface area contributed by atoms with Gasteiger partial charge in [0, 0.05) is 6.42 Å². The van der Waals surface area contributed by atoms with Gasteiger partial charge in [0.2, 0.25) is 0 Å². The van der Waals surface area contributed by atoms with Gasteiger partial charge in [-0.2, -0.15) is 8.42 Å². The van der Waals surface area contributed by atoms with Gasteiger partial charge in [-0.3, -0.25) is 8.98 Å². The summed E-state index contributed by atoms with van der Waals surface area (Å²) in [5, 5.41) is 8.44. The first kappa shape index (κ1) is 13.4. The van der Waals surface area contributed by atoms with Gasteiger partial charge in [0.05, 0.1) is 12.9 Å². The predicted molar refractivity (Wildman–Crippen MR) is 51.4 cm³/mol. The molecule has 0 aromatic carbocycles. The summed E-state index contributed by atoms with van der Waals surface area (Å²) < 4.78 is 25.6. The van der Waals surface area contributed by atoms with Gasteiger partial charge in [-0.1, -0.05) is 6.92 Å². The highest BCUT2D eigenvalue weighted by Crippen LogP contribution is 2.10. The molecule has 0 aliphatic heterocycles. The van der Waals surface area contributed by atoms with E-state index in [2.05, 4.69) is 4.18 Å². The summed E-state index contributed by atoms with van der Waals surface area (Å²) in [7, 11) is -3.36. The molecule has 0 amide bonds. The van der Waals surface area contributed by atoms with Crippen molar-refractivity contribution in [1.82, 2.24) is 0 Å². The van der Waals surface area contributed by atoms with Crippen LogP contribution >= 0.6 is 0 Å². The molecule has 0 spiro atoms. The summed E-state index contributed by atoms with van der Waals surface area (Å²) in [6.07, 6.45) is 2.32. The van der Waals surface area contributed by atoms with E-state index in [1.165, 1.54) is 0 Å². The van der Waals surface area contributed by atoms with E-state index in [4.69, 9.17) is 5.11 Å². The Balaban J connectivity index is 3.50. The van der Waals surface area contributed by atoms with Crippen LogP contribution in [0.2, 0.25) is 0 Å². The molecule has 0 aromatic heterocycles. The molecule has 0 bridgehead atoms. The van der Waals surface area contributed by atoms with Crippen molar-refractivity contribution in [2.45, 2.75) is 26.2 Å². The molecule has 0 aliphatic rings. The Bertz CT molecular complexity index is 269. The van der Waals surface area contributed by atoms with E-state index in [9.17, 15) is 13.2 Å². The van der Waals surface area contributed by atoms with Crippen LogP contribution in [0.25, 0.3) is 0 Å². The molecule has 5 nitrogen and oxygen atoms in total. The van der Waals surface area contributed by atoms with Crippen molar-refractivity contribution in [2.24, 2.45) is 5.92 Å². The number of hydrogen-bond acceptors (Lipinski definition) is 4. The van der Waals surface area contributed by atoms with Crippen LogP contribution in [-0.2, 0) is 19.1 Å². The maximum absolute atomic E-state index is 10.5. The fourth-order valence-corrected chi connectivity index (χ4v) is 1.46. The van der Waals surface area contributed by atoms with Gasteiger partial charge < -0.3 is 5.11 Å². The van der Waals surface area contributed by atoms with Crippen LogP contribution in [0.3, 0.4) is 0 Å². The van der Waals surface area contributed by atoms with Crippen molar-refractivity contribution in [3.63, 3.8) is 0 Å². The zero-order valence-corrected chi connectivity index (χ0v) is 9.21. The third-order valence-electron chi connectivity index (χ3n) is 1.66. The molecule has 6 heteroatoms. The van der Waals surface area contributed by atoms with E-state index in [0.29, 0.717) is 12.8 Å². The minimum absolute atomic E-state index is 0.0515. The average Bonchev–Trinajstić information content (AvgIpc) is 1.95. The Morgan fingerprint density at radius 3 is 2.50 bits per heavy atom. The zero-order chi connectivity index (χ0) is 11.2. The van der Waals surface area contributed by atoms with Crippen molar-refractivity contribution in [2.75, 3.05) is 12.9 Å². The second-order valence-corrected chi connectivity index (χ2v) is 5.02. The third kappa shape index (κ3) is 9.47. The standard InChI is InChI=1S/C8H16O5S/c1-7(6-8(9)10)4-3-5-13-14(2,11)12/h7H,3-6H2,1-2H3,(H,9,10). The minimum Gasteiger partial charge on any atom is -0.481 e. The maximum atomic E-state index is 10.5. The summed E-state index contributed by atoms with van der Waals surface area (Å²) in [6, 6.07) is 0. The Labute approximate surface area is 84.2 Å². The first-order valence-electron chi connectivity index (χ1n) is 4.37. The molecule has 0 aromatic rings. The highest BCUT2D eigenvalue weighted by molar-refractivity contribution is 7.85. The molecule has 1 atom stereocenters. The molecule has 0 heterocycles. The highest BCUT2D eigenvalue weighted by atomic mass is 32.2. The van der Waals surface area contributed by atoms with E-state index < -0.39 is 16.1 Å². The Hall–Kier alpha value is -0.620. The lowest BCUT2D eigenvalue weighted by Gasteiger charge is -2.07. The smallest absolute Gasteiger partial charge is 0.303 e. The second kappa shape index (κ2) is 5.98. The molecular weight excluding hydrogens is 208 g/mol. The molecular formula is C8H16O5S. The quantitative estimate of drug-likeness (QED) is 0.512. The number of carbonyl (C=O) groups is 1. The lowest BCUT2D eigenvalue weighted by atomic mass is 10.0. The third-order valence-corrected chi connectivity index (χ3v) is 2.26. The molecule has 0 aliphatic carbocycles. The fourth-order valence-electron chi connectivity index (χ4n) is 1.04. The highest BCUT2D eigenvalue weighted by Gasteiger charge is 2.08. The first-order valence-corrected chi connectivity index (χ1v) is 6.19. The van der Waals surface area contributed by atoms with Crippen LogP contribution in [0.5, 0.6) is 0 Å². The molecule has 0 radical (unpaired) electrons. The maximum Gasteiger partial charge on any atom is 0.303 e. The van der Waals surface area contributed by atoms with Crippen LogP contribution in [-0.4, -0.2) is 32.4 Å². The first-order chi connectivity index (χ1) is 6.31. The minimum atomic E-state index is -3.36. The van der Waals surface area contributed by atoms with Gasteiger partial charge in [-0.15, -0.1) is 0 Å². The van der Waals surface area contributed by atoms with Gasteiger partial charge in [-0.05, 0) is 18.8 Å². The average molecular weight is 224 g/mol. The number of carboxylic acid groups (broad SMARTS) is 1. The zero-order valence-electron chi connectivity index (χ0n) is 8.39. The Kier molecular flexibility index (Phi) is 5.71. The van der Waals surface area contributed by atoms with E-state index in [1.807, 2.05) is 6.92 Å². The van der Waals surface area contributed by atoms with Crippen molar-refractivity contribution < 1.29 is 22.5 Å². The summed E-state index contributed by atoms with van der Waals surface area (Å²) in [5.41, 5.74) is 0. The Morgan fingerprint density at radius 2 is 2.07 bits per heavy atom. The second-order valence-electron chi connectivity index (χ2n) is 3.37. The van der Waals surface area contributed by atoms with Crippen LogP contribution < -0.4 is 0 Å². The molecule has 0 saturated heterocycles. The Morgan fingerprint density at radius 1 is 1.50 bits per heavy atom. The largest absolute Gasteiger partial charge is 0.481 e.